The lowest BCUT2D eigenvalue weighted by molar-refractivity contribution is 0.624. The average Bonchev–Trinajstić information content (AvgIpc) is 2.57. The van der Waals surface area contributed by atoms with E-state index in [2.05, 4.69) is 20.6 Å². The molecule has 25 heavy (non-hydrogen) atoms. The molecule has 0 saturated carbocycles. The third-order valence-electron chi connectivity index (χ3n) is 3.62. The second kappa shape index (κ2) is 6.15. The normalized spacial score (nSPS) is 15.2. The van der Waals surface area contributed by atoms with Crippen LogP contribution in [0, 0.1) is 28.6 Å². The number of pyridine rings is 1. The van der Waals surface area contributed by atoms with Gasteiger partial charge in [0.15, 0.2) is 6.19 Å². The number of guanidine groups is 1. The summed E-state index contributed by atoms with van der Waals surface area (Å²) in [4.78, 5) is 8.42. The van der Waals surface area contributed by atoms with Crippen LogP contribution >= 0.6 is 11.6 Å². The molecular formula is C15H10ClFN8. The maximum atomic E-state index is 13.9. The van der Waals surface area contributed by atoms with E-state index in [1.165, 1.54) is 12.1 Å². The smallest absolute Gasteiger partial charge is 0.211 e. The average molecular weight is 357 g/mol. The van der Waals surface area contributed by atoms with Crippen molar-refractivity contribution in [2.75, 3.05) is 16.8 Å². The molecule has 1 atom stereocenters. The number of hydrogen-bond donors (Lipinski definition) is 4. The molecule has 8 nitrogen and oxygen atoms in total. The Labute approximate surface area is 146 Å². The lowest BCUT2D eigenvalue weighted by Gasteiger charge is -2.26. The van der Waals surface area contributed by atoms with Gasteiger partial charge in [0.2, 0.25) is 5.96 Å². The second-order valence-corrected chi connectivity index (χ2v) is 5.48. The fraction of sp³-hybridized carbons (Fsp3) is 0.0667. The summed E-state index contributed by atoms with van der Waals surface area (Å²) in [5.41, 5.74) is 12.7. The van der Waals surface area contributed by atoms with Gasteiger partial charge in [-0.25, -0.2) is 14.4 Å². The first kappa shape index (κ1) is 16.3. The highest BCUT2D eigenvalue weighted by Gasteiger charge is 2.30. The van der Waals surface area contributed by atoms with E-state index in [1.807, 2.05) is 6.07 Å². The Hall–Kier alpha value is -3.56. The molecule has 0 spiro atoms. The van der Waals surface area contributed by atoms with Crippen molar-refractivity contribution >= 4 is 34.9 Å². The van der Waals surface area contributed by atoms with Crippen LogP contribution in [0.5, 0.6) is 0 Å². The topological polar surface area (TPSA) is 149 Å². The number of nitriles is 2. The van der Waals surface area contributed by atoms with Gasteiger partial charge in [0.05, 0.1) is 10.7 Å². The van der Waals surface area contributed by atoms with Crippen molar-refractivity contribution < 1.29 is 4.39 Å². The molecule has 2 aromatic rings. The van der Waals surface area contributed by atoms with E-state index < -0.39 is 11.9 Å². The van der Waals surface area contributed by atoms with E-state index in [0.29, 0.717) is 11.1 Å². The van der Waals surface area contributed by atoms with Gasteiger partial charge in [0.1, 0.15) is 35.1 Å². The number of nitrogen functional groups attached to an aromatic ring is 2. The molecule has 0 fully saturated rings. The lowest BCUT2D eigenvalue weighted by Crippen LogP contribution is -2.32. The molecule has 2 heterocycles. The summed E-state index contributed by atoms with van der Waals surface area (Å²) < 4.78 is 13.9. The molecule has 0 saturated heterocycles. The van der Waals surface area contributed by atoms with Crippen LogP contribution in [0.1, 0.15) is 22.7 Å². The molecule has 0 amide bonds. The maximum Gasteiger partial charge on any atom is 0.211 e. The zero-order chi connectivity index (χ0) is 18.1. The Balaban J connectivity index is 2.25. The quantitative estimate of drug-likeness (QED) is 0.450. The number of nitrogens with two attached hydrogens (primary N) is 2. The van der Waals surface area contributed by atoms with E-state index in [0.717, 1.165) is 0 Å². The first-order chi connectivity index (χ1) is 12.0. The third kappa shape index (κ3) is 2.73. The SMILES string of the molecule is N#CNC1=NC(c2ccc(Cl)c(F)c2)c2c(nc(N)c(C#N)c2N)N1. The molecule has 1 aromatic carbocycles. The molecule has 1 aromatic heterocycles. The van der Waals surface area contributed by atoms with E-state index in [4.69, 9.17) is 28.3 Å². The molecule has 0 bridgehead atoms. The molecule has 124 valence electrons. The largest absolute Gasteiger partial charge is 0.397 e. The number of nitrogens with one attached hydrogen (secondary N) is 2. The van der Waals surface area contributed by atoms with Crippen LogP contribution in [0.25, 0.3) is 0 Å². The minimum atomic E-state index is -0.806. The van der Waals surface area contributed by atoms with Crippen molar-refractivity contribution in [3.8, 4) is 12.3 Å². The zero-order valence-electron chi connectivity index (χ0n) is 12.5. The van der Waals surface area contributed by atoms with Crippen molar-refractivity contribution in [1.82, 2.24) is 10.3 Å². The number of aliphatic imine (C=N–C) groups is 1. The van der Waals surface area contributed by atoms with E-state index >= 15 is 0 Å². The first-order valence-corrected chi connectivity index (χ1v) is 7.27. The Bertz CT molecular complexity index is 988. The van der Waals surface area contributed by atoms with Gasteiger partial charge < -0.3 is 16.8 Å². The van der Waals surface area contributed by atoms with Gasteiger partial charge in [-0.2, -0.15) is 10.5 Å². The predicted molar refractivity (Wildman–Crippen MR) is 90.8 cm³/mol. The molecule has 3 rings (SSSR count). The van der Waals surface area contributed by atoms with Crippen molar-refractivity contribution in [2.24, 2.45) is 4.99 Å². The number of hydrogen-bond acceptors (Lipinski definition) is 8. The van der Waals surface area contributed by atoms with E-state index in [-0.39, 0.29) is 33.9 Å². The van der Waals surface area contributed by atoms with Crippen LogP contribution in [0.3, 0.4) is 0 Å². The number of nitrogens with zero attached hydrogens (tertiary/aromatic N) is 4. The van der Waals surface area contributed by atoms with Crippen LogP contribution in [0.4, 0.5) is 21.7 Å². The Morgan fingerprint density at radius 2 is 2.08 bits per heavy atom. The number of benzene rings is 1. The molecule has 0 radical (unpaired) electrons. The van der Waals surface area contributed by atoms with E-state index in [1.54, 1.807) is 12.3 Å². The Morgan fingerprint density at radius 1 is 1.32 bits per heavy atom. The van der Waals surface area contributed by atoms with E-state index in [9.17, 15) is 9.65 Å². The number of rotatable bonds is 1. The summed E-state index contributed by atoms with van der Waals surface area (Å²) in [6.07, 6.45) is 1.73. The third-order valence-corrected chi connectivity index (χ3v) is 3.92. The summed E-state index contributed by atoms with van der Waals surface area (Å²) >= 11 is 5.72. The van der Waals surface area contributed by atoms with Gasteiger partial charge in [0, 0.05) is 5.56 Å². The summed E-state index contributed by atoms with van der Waals surface area (Å²) in [6, 6.07) is 5.24. The van der Waals surface area contributed by atoms with Crippen molar-refractivity contribution in [3.63, 3.8) is 0 Å². The van der Waals surface area contributed by atoms with Gasteiger partial charge in [0.25, 0.3) is 0 Å². The van der Waals surface area contributed by atoms with Crippen LogP contribution in [0.2, 0.25) is 5.02 Å². The van der Waals surface area contributed by atoms with Crippen LogP contribution in [-0.4, -0.2) is 10.9 Å². The molecule has 1 aliphatic rings. The molecule has 1 unspecified atom stereocenters. The van der Waals surface area contributed by atoms with Gasteiger partial charge in [-0.15, -0.1) is 0 Å². The zero-order valence-corrected chi connectivity index (χ0v) is 13.3. The fourth-order valence-corrected chi connectivity index (χ4v) is 2.62. The molecule has 0 aliphatic carbocycles. The van der Waals surface area contributed by atoms with Gasteiger partial charge in [-0.1, -0.05) is 17.7 Å². The van der Waals surface area contributed by atoms with Crippen molar-refractivity contribution in [3.05, 3.63) is 45.7 Å². The highest BCUT2D eigenvalue weighted by molar-refractivity contribution is 6.30. The first-order valence-electron chi connectivity index (χ1n) is 6.90. The second-order valence-electron chi connectivity index (χ2n) is 5.08. The standard InChI is InChI=1S/C15H10ClFN8/c16-8-2-1-6(3-9(8)17)12-10-11(20)7(4-18)13(21)24-14(10)25-15(23-12)22-5-19/h1-3,12H,(H6,20,21,22,23,24,25). The van der Waals surface area contributed by atoms with Crippen LogP contribution in [0.15, 0.2) is 23.2 Å². The number of aromatic nitrogens is 1. The molecule has 6 N–H and O–H groups in total. The van der Waals surface area contributed by atoms with Gasteiger partial charge in [-0.05, 0) is 17.7 Å². The Morgan fingerprint density at radius 3 is 2.72 bits per heavy atom. The predicted octanol–water partition coefficient (Wildman–Crippen LogP) is 1.85. The van der Waals surface area contributed by atoms with Crippen LogP contribution in [-0.2, 0) is 0 Å². The van der Waals surface area contributed by atoms with Gasteiger partial charge in [-0.3, -0.25) is 5.32 Å². The molecule has 10 heteroatoms. The summed E-state index contributed by atoms with van der Waals surface area (Å²) in [5, 5.41) is 23.1. The van der Waals surface area contributed by atoms with Crippen LogP contribution < -0.4 is 22.1 Å². The highest BCUT2D eigenvalue weighted by atomic mass is 35.5. The summed E-state index contributed by atoms with van der Waals surface area (Å²) in [7, 11) is 0. The van der Waals surface area contributed by atoms with Crippen molar-refractivity contribution in [1.29, 1.82) is 10.5 Å². The van der Waals surface area contributed by atoms with Crippen molar-refractivity contribution in [2.45, 2.75) is 6.04 Å². The fourth-order valence-electron chi connectivity index (χ4n) is 2.50. The Kier molecular flexibility index (Phi) is 4.01. The molecule has 1 aliphatic heterocycles. The minimum absolute atomic E-state index is 0.00637. The maximum absolute atomic E-state index is 13.9. The summed E-state index contributed by atoms with van der Waals surface area (Å²) in [6.45, 7) is 0. The minimum Gasteiger partial charge on any atom is -0.397 e. The molecular weight excluding hydrogens is 347 g/mol. The van der Waals surface area contributed by atoms with Gasteiger partial charge >= 0.3 is 0 Å². The number of fused-ring (bicyclic) bond motifs is 1. The monoisotopic (exact) mass is 356 g/mol. The summed E-state index contributed by atoms with van der Waals surface area (Å²) in [5.74, 6) is -0.384. The lowest BCUT2D eigenvalue weighted by atomic mass is 9.95. The number of anilines is 3. The number of halogens is 2. The highest BCUT2D eigenvalue weighted by Crippen LogP contribution is 2.40.